The molecule has 1 aliphatic heterocycles. The second-order valence-corrected chi connectivity index (χ2v) is 8.06. The van der Waals surface area contributed by atoms with E-state index in [0.717, 1.165) is 12.8 Å². The van der Waals surface area contributed by atoms with Crippen molar-refractivity contribution >= 4 is 29.8 Å². The van der Waals surface area contributed by atoms with Crippen LogP contribution < -0.4 is 10.7 Å². The Kier molecular flexibility index (Phi) is 6.05. The van der Waals surface area contributed by atoms with Gasteiger partial charge in [-0.3, -0.25) is 15.0 Å². The third-order valence-electron chi connectivity index (χ3n) is 5.89. The smallest absolute Gasteiger partial charge is 0.355 e. The molecule has 1 aromatic heterocycles. The maximum Gasteiger partial charge on any atom is 0.355 e. The second kappa shape index (κ2) is 8.40. The summed E-state index contributed by atoms with van der Waals surface area (Å²) in [6, 6.07) is -0.710. The summed E-state index contributed by atoms with van der Waals surface area (Å²) in [6.07, 6.45) is 2.62. The zero-order valence-corrected chi connectivity index (χ0v) is 17.9. The van der Waals surface area contributed by atoms with Crippen LogP contribution in [0.4, 0.5) is 4.79 Å². The predicted molar refractivity (Wildman–Crippen MR) is 106 cm³/mol. The van der Waals surface area contributed by atoms with Gasteiger partial charge in [0.15, 0.2) is 6.61 Å². The number of hydrazine groups is 1. The number of amides is 4. The predicted octanol–water partition coefficient (Wildman–Crippen LogP) is 1.11. The third kappa shape index (κ3) is 4.12. The molecule has 3 N–H and O–H groups in total. The number of nitrogens with zero attached hydrogens (tertiary/aromatic N) is 1. The van der Waals surface area contributed by atoms with Crippen molar-refractivity contribution in [2.75, 3.05) is 13.7 Å². The Morgan fingerprint density at radius 2 is 1.81 bits per heavy atom. The van der Waals surface area contributed by atoms with E-state index >= 15 is 0 Å². The lowest BCUT2D eigenvalue weighted by molar-refractivity contribution is -0.141. The fourth-order valence-corrected chi connectivity index (χ4v) is 4.04. The number of H-pyrrole nitrogens is 1. The van der Waals surface area contributed by atoms with Gasteiger partial charge in [0.2, 0.25) is 0 Å². The Morgan fingerprint density at radius 1 is 1.16 bits per heavy atom. The monoisotopic (exact) mass is 434 g/mol. The van der Waals surface area contributed by atoms with Crippen LogP contribution in [-0.2, 0) is 19.1 Å². The molecule has 1 saturated heterocycles. The van der Waals surface area contributed by atoms with Crippen LogP contribution in [-0.4, -0.2) is 59.0 Å². The number of esters is 2. The maximum atomic E-state index is 12.7. The summed E-state index contributed by atoms with van der Waals surface area (Å²) in [7, 11) is 1.23. The van der Waals surface area contributed by atoms with Crippen LogP contribution in [0.2, 0.25) is 0 Å². The molecule has 1 saturated carbocycles. The van der Waals surface area contributed by atoms with Crippen molar-refractivity contribution in [2.24, 2.45) is 5.92 Å². The van der Waals surface area contributed by atoms with Crippen molar-refractivity contribution in [3.63, 3.8) is 0 Å². The van der Waals surface area contributed by atoms with Crippen LogP contribution in [0.1, 0.15) is 64.7 Å². The molecule has 2 fully saturated rings. The molecule has 2 aliphatic rings. The minimum Gasteiger partial charge on any atom is -0.465 e. The highest BCUT2D eigenvalue weighted by atomic mass is 16.5. The lowest BCUT2D eigenvalue weighted by Gasteiger charge is -2.33. The van der Waals surface area contributed by atoms with Crippen LogP contribution in [0.5, 0.6) is 0 Å². The van der Waals surface area contributed by atoms with Gasteiger partial charge in [0.25, 0.3) is 11.8 Å². The number of nitrogens with one attached hydrogen (secondary N) is 3. The van der Waals surface area contributed by atoms with Gasteiger partial charge in [-0.2, -0.15) is 5.01 Å². The lowest BCUT2D eigenvalue weighted by atomic mass is 9.77. The standard InChI is InChI=1S/C20H26N4O7/c1-10-5-7-20(8-6-10)18(28)24(19(29)22-20)23-13(25)9-31-17(27)15-11(2)14(12(3)21-15)16(26)30-4/h10,21H,5-9H2,1-4H3,(H,22,29)(H,23,25). The number of aryl methyl sites for hydroxylation is 1. The number of aromatic amines is 1. The van der Waals surface area contributed by atoms with Crippen molar-refractivity contribution in [1.29, 1.82) is 0 Å². The van der Waals surface area contributed by atoms with Gasteiger partial charge < -0.3 is 19.8 Å². The zero-order valence-electron chi connectivity index (χ0n) is 17.9. The summed E-state index contributed by atoms with van der Waals surface area (Å²) in [5.41, 5.74) is 2.19. The Morgan fingerprint density at radius 3 is 2.42 bits per heavy atom. The molecule has 1 spiro atoms. The average Bonchev–Trinajstić information content (AvgIpc) is 3.15. The molecule has 2 heterocycles. The summed E-state index contributed by atoms with van der Waals surface area (Å²) in [6.45, 7) is 4.51. The molecule has 3 rings (SSSR count). The minimum atomic E-state index is -0.989. The van der Waals surface area contributed by atoms with E-state index < -0.39 is 41.9 Å². The number of ether oxygens (including phenoxy) is 2. The molecular weight excluding hydrogens is 408 g/mol. The van der Waals surface area contributed by atoms with E-state index in [1.165, 1.54) is 7.11 Å². The van der Waals surface area contributed by atoms with E-state index in [0.29, 0.717) is 35.0 Å². The molecule has 31 heavy (non-hydrogen) atoms. The fourth-order valence-electron chi connectivity index (χ4n) is 4.04. The molecule has 11 heteroatoms. The number of imide groups is 1. The number of methoxy groups -OCH3 is 1. The van der Waals surface area contributed by atoms with E-state index in [2.05, 4.69) is 27.4 Å². The van der Waals surface area contributed by atoms with Crippen LogP contribution >= 0.6 is 0 Å². The summed E-state index contributed by atoms with van der Waals surface area (Å²) in [5.74, 6) is -2.35. The van der Waals surface area contributed by atoms with Gasteiger partial charge in [-0.1, -0.05) is 6.92 Å². The van der Waals surface area contributed by atoms with Gasteiger partial charge in [0.05, 0.1) is 12.7 Å². The number of hydrogen-bond donors (Lipinski definition) is 3. The molecule has 1 aromatic rings. The number of carbonyl (C=O) groups is 5. The van der Waals surface area contributed by atoms with Crippen LogP contribution in [0, 0.1) is 19.8 Å². The summed E-state index contributed by atoms with van der Waals surface area (Å²) in [4.78, 5) is 64.1. The van der Waals surface area contributed by atoms with Gasteiger partial charge in [-0.05, 0) is 51.0 Å². The van der Waals surface area contributed by atoms with Gasteiger partial charge in [0, 0.05) is 5.69 Å². The van der Waals surface area contributed by atoms with Crippen LogP contribution in [0.15, 0.2) is 0 Å². The molecule has 0 atom stereocenters. The molecule has 0 bridgehead atoms. The first-order chi connectivity index (χ1) is 14.6. The highest BCUT2D eigenvalue weighted by Crippen LogP contribution is 2.35. The molecule has 0 aromatic carbocycles. The normalized spacial score (nSPS) is 23.0. The maximum absolute atomic E-state index is 12.7. The minimum absolute atomic E-state index is 0.0102. The molecule has 0 radical (unpaired) electrons. The van der Waals surface area contributed by atoms with Gasteiger partial charge in [0.1, 0.15) is 11.2 Å². The summed E-state index contributed by atoms with van der Waals surface area (Å²) >= 11 is 0. The highest BCUT2D eigenvalue weighted by Gasteiger charge is 2.52. The molecule has 11 nitrogen and oxygen atoms in total. The third-order valence-corrected chi connectivity index (χ3v) is 5.89. The molecule has 168 valence electrons. The van der Waals surface area contributed by atoms with Crippen molar-refractivity contribution in [3.8, 4) is 0 Å². The van der Waals surface area contributed by atoms with Gasteiger partial charge in [-0.15, -0.1) is 0 Å². The van der Waals surface area contributed by atoms with Crippen LogP contribution in [0.3, 0.4) is 0 Å². The number of urea groups is 1. The van der Waals surface area contributed by atoms with Crippen molar-refractivity contribution in [1.82, 2.24) is 20.7 Å². The lowest BCUT2D eigenvalue weighted by Crippen LogP contribution is -2.52. The molecule has 0 unspecified atom stereocenters. The second-order valence-electron chi connectivity index (χ2n) is 8.06. The first-order valence-electron chi connectivity index (χ1n) is 10.0. The van der Waals surface area contributed by atoms with Crippen LogP contribution in [0.25, 0.3) is 0 Å². The van der Waals surface area contributed by atoms with Crippen molar-refractivity contribution < 1.29 is 33.4 Å². The summed E-state index contributed by atoms with van der Waals surface area (Å²) in [5, 5.41) is 3.33. The first kappa shape index (κ1) is 22.3. The Balaban J connectivity index is 1.59. The molecular formula is C20H26N4O7. The number of aromatic nitrogens is 1. The van der Waals surface area contributed by atoms with Crippen molar-refractivity contribution in [3.05, 3.63) is 22.5 Å². The number of hydrogen-bond acceptors (Lipinski definition) is 7. The fraction of sp³-hybridized carbons (Fsp3) is 0.550. The number of carbonyl (C=O) groups excluding carboxylic acids is 5. The summed E-state index contributed by atoms with van der Waals surface area (Å²) < 4.78 is 9.67. The Bertz CT molecular complexity index is 944. The zero-order chi connectivity index (χ0) is 22.9. The number of rotatable bonds is 5. The quantitative estimate of drug-likeness (QED) is 0.464. The van der Waals surface area contributed by atoms with E-state index in [1.54, 1.807) is 13.8 Å². The van der Waals surface area contributed by atoms with Gasteiger partial charge in [-0.25, -0.2) is 14.4 Å². The van der Waals surface area contributed by atoms with Crippen molar-refractivity contribution in [2.45, 2.75) is 52.0 Å². The average molecular weight is 434 g/mol. The Labute approximate surface area is 178 Å². The first-order valence-corrected chi connectivity index (χ1v) is 10.0. The molecule has 1 aliphatic carbocycles. The van der Waals surface area contributed by atoms with E-state index in [9.17, 15) is 24.0 Å². The van der Waals surface area contributed by atoms with E-state index in [1.807, 2.05) is 0 Å². The van der Waals surface area contributed by atoms with E-state index in [-0.39, 0.29) is 11.3 Å². The van der Waals surface area contributed by atoms with Gasteiger partial charge >= 0.3 is 18.0 Å². The Hall–Kier alpha value is -3.37. The molecule has 4 amide bonds. The van der Waals surface area contributed by atoms with E-state index in [4.69, 9.17) is 4.74 Å². The largest absolute Gasteiger partial charge is 0.465 e. The SMILES string of the molecule is COC(=O)c1c(C)[nH]c(C(=O)OCC(=O)NN2C(=O)NC3(CCC(C)CC3)C2=O)c1C. The highest BCUT2D eigenvalue weighted by molar-refractivity contribution is 6.08. The topological polar surface area (TPSA) is 147 Å².